The maximum atomic E-state index is 5.78. The topological polar surface area (TPSA) is 67.9 Å². The van der Waals surface area contributed by atoms with Crippen LogP contribution in [0.3, 0.4) is 0 Å². The lowest BCUT2D eigenvalue weighted by atomic mass is 10.2. The van der Waals surface area contributed by atoms with Gasteiger partial charge in [0.1, 0.15) is 0 Å². The van der Waals surface area contributed by atoms with Crippen molar-refractivity contribution in [2.45, 2.75) is 25.1 Å². The van der Waals surface area contributed by atoms with Crippen molar-refractivity contribution >= 4 is 35.3 Å². The highest BCUT2D eigenvalue weighted by atomic mass is 35.5. The summed E-state index contributed by atoms with van der Waals surface area (Å²) in [4.78, 5) is 14.1. The van der Waals surface area contributed by atoms with E-state index in [1.807, 2.05) is 11.8 Å². The van der Waals surface area contributed by atoms with Gasteiger partial charge in [0.15, 0.2) is 0 Å². The first-order chi connectivity index (χ1) is 7.58. The molecule has 0 bridgehead atoms. The molecule has 1 aliphatic heterocycles. The smallest absolute Gasteiger partial charge is 0.231 e. The first kappa shape index (κ1) is 11.7. The summed E-state index contributed by atoms with van der Waals surface area (Å²) >= 11 is 7.74. The van der Waals surface area contributed by atoms with Gasteiger partial charge in [0.2, 0.25) is 17.2 Å². The summed E-state index contributed by atoms with van der Waals surface area (Å²) in [6.45, 7) is 5.27. The zero-order valence-electron chi connectivity index (χ0n) is 9.22. The molecule has 1 saturated heterocycles. The minimum atomic E-state index is 0.153. The Morgan fingerprint density at radius 3 is 2.81 bits per heavy atom. The quantitative estimate of drug-likeness (QED) is 0.823. The maximum Gasteiger partial charge on any atom is 0.231 e. The second kappa shape index (κ2) is 4.63. The van der Waals surface area contributed by atoms with Crippen LogP contribution < -0.4 is 10.6 Å². The van der Waals surface area contributed by atoms with Crippen LogP contribution in [0.25, 0.3) is 0 Å². The van der Waals surface area contributed by atoms with Gasteiger partial charge in [-0.05, 0) is 18.5 Å². The van der Waals surface area contributed by atoms with Crippen molar-refractivity contribution in [3.05, 3.63) is 5.28 Å². The van der Waals surface area contributed by atoms with Crippen LogP contribution in [0, 0.1) is 0 Å². The van der Waals surface area contributed by atoms with Gasteiger partial charge in [0.05, 0.1) is 0 Å². The number of rotatable bonds is 1. The van der Waals surface area contributed by atoms with Crippen LogP contribution in [-0.2, 0) is 0 Å². The van der Waals surface area contributed by atoms with Crippen molar-refractivity contribution in [3.63, 3.8) is 0 Å². The normalized spacial score (nSPS) is 25.8. The molecule has 0 aliphatic carbocycles. The van der Waals surface area contributed by atoms with Gasteiger partial charge in [0.25, 0.3) is 0 Å². The van der Waals surface area contributed by atoms with Crippen LogP contribution in [0.5, 0.6) is 0 Å². The predicted molar refractivity (Wildman–Crippen MR) is 68.0 cm³/mol. The van der Waals surface area contributed by atoms with Crippen molar-refractivity contribution in [1.29, 1.82) is 0 Å². The third-order valence-electron chi connectivity index (χ3n) is 2.75. The Bertz CT molecular complexity index is 368. The molecule has 2 unspecified atom stereocenters. The molecule has 2 atom stereocenters. The second-order valence-corrected chi connectivity index (χ2v) is 5.60. The zero-order valence-corrected chi connectivity index (χ0v) is 10.8. The molecular weight excluding hydrogens is 246 g/mol. The van der Waals surface area contributed by atoms with Crippen LogP contribution in [0.2, 0.25) is 5.28 Å². The fourth-order valence-electron chi connectivity index (χ4n) is 1.70. The van der Waals surface area contributed by atoms with Crippen LogP contribution >= 0.6 is 23.4 Å². The van der Waals surface area contributed by atoms with Gasteiger partial charge in [0, 0.05) is 23.6 Å². The summed E-state index contributed by atoms with van der Waals surface area (Å²) in [7, 11) is 0. The largest absolute Gasteiger partial charge is 0.368 e. The van der Waals surface area contributed by atoms with E-state index in [-0.39, 0.29) is 11.2 Å². The number of hydrogen-bond donors (Lipinski definition) is 1. The van der Waals surface area contributed by atoms with Crippen molar-refractivity contribution in [3.8, 4) is 0 Å². The first-order valence-corrected chi connectivity index (χ1v) is 6.56. The van der Waals surface area contributed by atoms with E-state index < -0.39 is 0 Å². The van der Waals surface area contributed by atoms with Gasteiger partial charge < -0.3 is 10.6 Å². The van der Waals surface area contributed by atoms with Gasteiger partial charge in [-0.25, -0.2) is 0 Å². The first-order valence-electron chi connectivity index (χ1n) is 5.13. The van der Waals surface area contributed by atoms with E-state index in [1.165, 1.54) is 0 Å². The van der Waals surface area contributed by atoms with Crippen LogP contribution in [0.4, 0.5) is 11.9 Å². The molecule has 1 aromatic rings. The van der Waals surface area contributed by atoms with Gasteiger partial charge >= 0.3 is 0 Å². The van der Waals surface area contributed by atoms with Gasteiger partial charge in [-0.15, -0.1) is 0 Å². The van der Waals surface area contributed by atoms with E-state index in [9.17, 15) is 0 Å². The van der Waals surface area contributed by atoms with Crippen molar-refractivity contribution in [1.82, 2.24) is 15.0 Å². The summed E-state index contributed by atoms with van der Waals surface area (Å²) in [5.74, 6) is 1.82. The zero-order chi connectivity index (χ0) is 11.7. The standard InChI is InChI=1S/C9H14ClN5S/c1-5-6(2)16-4-3-15(5)9-13-7(10)12-8(11)14-9/h5-6H,3-4H2,1-2H3,(H2,11,12,13,14). The lowest BCUT2D eigenvalue weighted by Gasteiger charge is -2.37. The van der Waals surface area contributed by atoms with E-state index in [0.717, 1.165) is 12.3 Å². The molecule has 1 aromatic heterocycles. The Balaban J connectivity index is 2.28. The van der Waals surface area contributed by atoms with E-state index in [1.54, 1.807) is 0 Å². The molecule has 0 saturated carbocycles. The molecule has 2 heterocycles. The molecule has 0 radical (unpaired) electrons. The lowest BCUT2D eigenvalue weighted by Crippen LogP contribution is -2.45. The summed E-state index contributed by atoms with van der Waals surface area (Å²) < 4.78 is 0. The Labute approximate surface area is 104 Å². The number of nitrogens with two attached hydrogens (primary N) is 1. The number of nitrogens with zero attached hydrogens (tertiary/aromatic N) is 4. The third kappa shape index (κ3) is 2.32. The van der Waals surface area contributed by atoms with E-state index >= 15 is 0 Å². The number of aromatic nitrogens is 3. The molecule has 1 fully saturated rings. The SMILES string of the molecule is CC1SCCN(c2nc(N)nc(Cl)n2)C1C. The number of halogens is 1. The highest BCUT2D eigenvalue weighted by Gasteiger charge is 2.27. The molecule has 7 heteroatoms. The Morgan fingerprint density at radius 1 is 1.38 bits per heavy atom. The molecular formula is C9H14ClN5S. The molecule has 0 aromatic carbocycles. The lowest BCUT2D eigenvalue weighted by molar-refractivity contribution is 0.611. The third-order valence-corrected chi connectivity index (χ3v) is 4.26. The predicted octanol–water partition coefficient (Wildman–Crippen LogP) is 1.44. The molecule has 16 heavy (non-hydrogen) atoms. The van der Waals surface area contributed by atoms with Crippen molar-refractivity contribution in [2.24, 2.45) is 0 Å². The number of hydrogen-bond acceptors (Lipinski definition) is 6. The average molecular weight is 260 g/mol. The van der Waals surface area contributed by atoms with Crippen molar-refractivity contribution in [2.75, 3.05) is 22.9 Å². The Hall–Kier alpha value is -0.750. The molecule has 5 nitrogen and oxygen atoms in total. The highest BCUT2D eigenvalue weighted by molar-refractivity contribution is 8.00. The monoisotopic (exact) mass is 259 g/mol. The average Bonchev–Trinajstić information content (AvgIpc) is 2.20. The molecule has 0 amide bonds. The molecule has 88 valence electrons. The Kier molecular flexibility index (Phi) is 3.39. The van der Waals surface area contributed by atoms with Gasteiger partial charge in [-0.1, -0.05) is 6.92 Å². The van der Waals surface area contributed by atoms with Gasteiger partial charge in [-0.2, -0.15) is 26.7 Å². The minimum absolute atomic E-state index is 0.153. The van der Waals surface area contributed by atoms with Crippen LogP contribution in [-0.4, -0.2) is 38.5 Å². The van der Waals surface area contributed by atoms with Crippen LogP contribution in [0.1, 0.15) is 13.8 Å². The molecule has 0 spiro atoms. The fraction of sp³-hybridized carbons (Fsp3) is 0.667. The fourth-order valence-corrected chi connectivity index (χ4v) is 2.96. The van der Waals surface area contributed by atoms with Crippen LogP contribution in [0.15, 0.2) is 0 Å². The number of anilines is 2. The second-order valence-electron chi connectivity index (χ2n) is 3.77. The maximum absolute atomic E-state index is 5.78. The molecule has 2 N–H and O–H groups in total. The summed E-state index contributed by atoms with van der Waals surface area (Å²) in [5.41, 5.74) is 5.57. The summed E-state index contributed by atoms with van der Waals surface area (Å²) in [6, 6.07) is 0.372. The van der Waals surface area contributed by atoms with E-state index in [2.05, 4.69) is 33.7 Å². The summed E-state index contributed by atoms with van der Waals surface area (Å²) in [6.07, 6.45) is 0. The van der Waals surface area contributed by atoms with E-state index in [0.29, 0.717) is 17.2 Å². The van der Waals surface area contributed by atoms with Gasteiger partial charge in [-0.3, -0.25) is 0 Å². The van der Waals surface area contributed by atoms with Crippen molar-refractivity contribution < 1.29 is 0 Å². The summed E-state index contributed by atoms with van der Waals surface area (Å²) in [5, 5.41) is 0.700. The number of nitrogen functional groups attached to an aromatic ring is 1. The highest BCUT2D eigenvalue weighted by Crippen LogP contribution is 2.27. The Morgan fingerprint density at radius 2 is 2.12 bits per heavy atom. The number of thioether (sulfide) groups is 1. The minimum Gasteiger partial charge on any atom is -0.368 e. The van der Waals surface area contributed by atoms with E-state index in [4.69, 9.17) is 17.3 Å². The molecule has 1 aliphatic rings. The molecule has 2 rings (SSSR count).